The Morgan fingerprint density at radius 2 is 1.67 bits per heavy atom. The van der Waals surface area contributed by atoms with Crippen LogP contribution in [0.3, 0.4) is 0 Å². The van der Waals surface area contributed by atoms with Gasteiger partial charge in [-0.3, -0.25) is 4.79 Å². The third-order valence-corrected chi connectivity index (χ3v) is 5.40. The van der Waals surface area contributed by atoms with Gasteiger partial charge in [-0.25, -0.2) is 0 Å². The van der Waals surface area contributed by atoms with Crippen molar-refractivity contribution in [2.75, 3.05) is 0 Å². The lowest BCUT2D eigenvalue weighted by Gasteiger charge is -2.29. The van der Waals surface area contributed by atoms with Gasteiger partial charge in [0.1, 0.15) is 0 Å². The first kappa shape index (κ1) is 19.4. The number of carbonyl (C=O) groups excluding carboxylic acids is 1. The summed E-state index contributed by atoms with van der Waals surface area (Å²) in [5, 5.41) is 3.23. The van der Waals surface area contributed by atoms with Crippen molar-refractivity contribution in [2.24, 2.45) is 11.8 Å². The number of carbonyl (C=O) groups is 1. The summed E-state index contributed by atoms with van der Waals surface area (Å²) in [6.07, 6.45) is 9.99. The number of amides is 1. The molecule has 0 saturated heterocycles. The Kier molecular flexibility index (Phi) is 6.86. The van der Waals surface area contributed by atoms with Crippen LogP contribution in [0.4, 0.5) is 0 Å². The molecule has 0 aromatic heterocycles. The zero-order chi connectivity index (χ0) is 19.1. The fourth-order valence-electron chi connectivity index (χ4n) is 3.78. The van der Waals surface area contributed by atoms with Gasteiger partial charge in [0.05, 0.1) is 0 Å². The molecule has 0 spiro atoms. The lowest BCUT2D eigenvalue weighted by atomic mass is 9.82. The van der Waals surface area contributed by atoms with E-state index in [4.69, 9.17) is 0 Å². The van der Waals surface area contributed by atoms with Crippen LogP contribution in [-0.2, 0) is 6.42 Å². The molecule has 142 valence electrons. The second-order valence-corrected chi connectivity index (χ2v) is 8.11. The van der Waals surface area contributed by atoms with E-state index in [0.29, 0.717) is 12.0 Å². The molecule has 1 aliphatic carbocycles. The van der Waals surface area contributed by atoms with Crippen molar-refractivity contribution in [3.05, 3.63) is 77.4 Å². The molecule has 2 aromatic rings. The van der Waals surface area contributed by atoms with E-state index < -0.39 is 0 Å². The number of rotatable bonds is 6. The van der Waals surface area contributed by atoms with E-state index in [2.05, 4.69) is 61.6 Å². The van der Waals surface area contributed by atoms with Crippen LogP contribution in [-0.4, -0.2) is 11.9 Å². The van der Waals surface area contributed by atoms with Gasteiger partial charge >= 0.3 is 0 Å². The van der Waals surface area contributed by atoms with Crippen LogP contribution in [0, 0.1) is 11.8 Å². The van der Waals surface area contributed by atoms with Crippen LogP contribution >= 0.6 is 0 Å². The van der Waals surface area contributed by atoms with Gasteiger partial charge in [-0.15, -0.1) is 0 Å². The Balaban J connectivity index is 1.46. The molecule has 2 nitrogen and oxygen atoms in total. The molecule has 0 unspecified atom stereocenters. The molecule has 2 heteroatoms. The molecular weight excluding hydrogens is 330 g/mol. The highest BCUT2D eigenvalue weighted by atomic mass is 16.1. The van der Waals surface area contributed by atoms with Gasteiger partial charge in [-0.05, 0) is 67.2 Å². The fraction of sp³-hybridized carbons (Fsp3) is 0.400. The quantitative estimate of drug-likeness (QED) is 0.683. The highest BCUT2D eigenvalue weighted by molar-refractivity contribution is 5.94. The van der Waals surface area contributed by atoms with Gasteiger partial charge in [-0.1, -0.05) is 68.5 Å². The summed E-state index contributed by atoms with van der Waals surface area (Å²) in [7, 11) is 0. The van der Waals surface area contributed by atoms with E-state index in [1.807, 2.05) is 24.3 Å². The number of benzene rings is 2. The maximum Gasteiger partial charge on any atom is 0.251 e. The topological polar surface area (TPSA) is 29.1 Å². The Labute approximate surface area is 163 Å². The van der Waals surface area contributed by atoms with Crippen LogP contribution in [0.1, 0.15) is 61.0 Å². The monoisotopic (exact) mass is 361 g/mol. The summed E-state index contributed by atoms with van der Waals surface area (Å²) in [5.41, 5.74) is 3.32. The SMILES string of the molecule is CC(C)/C=C/c1ccc(C(=O)NC2CCC(Cc3ccccc3)CC2)cc1. The highest BCUT2D eigenvalue weighted by Crippen LogP contribution is 2.27. The number of hydrogen-bond acceptors (Lipinski definition) is 1. The summed E-state index contributed by atoms with van der Waals surface area (Å²) in [4.78, 5) is 12.5. The normalized spacial score (nSPS) is 20.1. The average Bonchev–Trinajstić information content (AvgIpc) is 2.69. The zero-order valence-electron chi connectivity index (χ0n) is 16.5. The smallest absolute Gasteiger partial charge is 0.251 e. The van der Waals surface area contributed by atoms with E-state index in [0.717, 1.165) is 36.3 Å². The van der Waals surface area contributed by atoms with Crippen LogP contribution in [0.5, 0.6) is 0 Å². The number of allylic oxidation sites excluding steroid dienone is 1. The van der Waals surface area contributed by atoms with Gasteiger partial charge in [0, 0.05) is 11.6 Å². The molecule has 2 aromatic carbocycles. The first-order valence-corrected chi connectivity index (χ1v) is 10.2. The van der Waals surface area contributed by atoms with Crippen molar-refractivity contribution in [3.63, 3.8) is 0 Å². The molecule has 1 aliphatic rings. The molecule has 1 fully saturated rings. The molecule has 0 aliphatic heterocycles. The summed E-state index contributed by atoms with van der Waals surface area (Å²) < 4.78 is 0. The second-order valence-electron chi connectivity index (χ2n) is 8.11. The highest BCUT2D eigenvalue weighted by Gasteiger charge is 2.22. The third-order valence-electron chi connectivity index (χ3n) is 5.40. The van der Waals surface area contributed by atoms with E-state index in [1.54, 1.807) is 0 Å². The van der Waals surface area contributed by atoms with E-state index in [1.165, 1.54) is 18.4 Å². The molecule has 1 amide bonds. The average molecular weight is 362 g/mol. The Morgan fingerprint density at radius 1 is 1.00 bits per heavy atom. The van der Waals surface area contributed by atoms with Crippen LogP contribution in [0.25, 0.3) is 6.08 Å². The van der Waals surface area contributed by atoms with Crippen LogP contribution in [0.15, 0.2) is 60.7 Å². The Morgan fingerprint density at radius 3 is 2.30 bits per heavy atom. The third kappa shape index (κ3) is 6.09. The van der Waals surface area contributed by atoms with Gasteiger partial charge in [-0.2, -0.15) is 0 Å². The van der Waals surface area contributed by atoms with Crippen molar-refractivity contribution in [3.8, 4) is 0 Å². The molecule has 1 N–H and O–H groups in total. The lowest BCUT2D eigenvalue weighted by molar-refractivity contribution is 0.0922. The minimum atomic E-state index is 0.0564. The predicted molar refractivity (Wildman–Crippen MR) is 114 cm³/mol. The van der Waals surface area contributed by atoms with Gasteiger partial charge < -0.3 is 5.32 Å². The summed E-state index contributed by atoms with van der Waals surface area (Å²) >= 11 is 0. The first-order chi connectivity index (χ1) is 13.1. The van der Waals surface area contributed by atoms with Crippen molar-refractivity contribution in [1.29, 1.82) is 0 Å². The Hall–Kier alpha value is -2.35. The number of hydrogen-bond donors (Lipinski definition) is 1. The molecule has 0 bridgehead atoms. The second kappa shape index (κ2) is 9.55. The van der Waals surface area contributed by atoms with Crippen molar-refractivity contribution in [1.82, 2.24) is 5.32 Å². The summed E-state index contributed by atoms with van der Waals surface area (Å²) in [5.74, 6) is 1.33. The standard InChI is InChI=1S/C25H31NO/c1-19(2)8-9-20-10-14-23(15-11-20)25(27)26-24-16-12-22(13-17-24)18-21-6-4-3-5-7-21/h3-11,14-15,19,22,24H,12-13,16-18H2,1-2H3,(H,26,27)/b9-8+. The molecule has 1 saturated carbocycles. The minimum absolute atomic E-state index is 0.0564. The van der Waals surface area contributed by atoms with Gasteiger partial charge in [0.15, 0.2) is 0 Å². The van der Waals surface area contributed by atoms with Gasteiger partial charge in [0.25, 0.3) is 5.91 Å². The fourth-order valence-corrected chi connectivity index (χ4v) is 3.78. The van der Waals surface area contributed by atoms with Crippen molar-refractivity contribution in [2.45, 2.75) is 52.0 Å². The Bertz CT molecular complexity index is 738. The van der Waals surface area contributed by atoms with Crippen molar-refractivity contribution < 1.29 is 4.79 Å². The van der Waals surface area contributed by atoms with Crippen molar-refractivity contribution >= 4 is 12.0 Å². The summed E-state index contributed by atoms with van der Waals surface area (Å²) in [6, 6.07) is 18.9. The predicted octanol–water partition coefficient (Wildman–Crippen LogP) is 5.89. The van der Waals surface area contributed by atoms with Gasteiger partial charge in [0.2, 0.25) is 0 Å². The van der Waals surface area contributed by atoms with E-state index >= 15 is 0 Å². The maximum atomic E-state index is 12.5. The molecule has 0 heterocycles. The molecule has 27 heavy (non-hydrogen) atoms. The lowest BCUT2D eigenvalue weighted by Crippen LogP contribution is -2.37. The van der Waals surface area contributed by atoms with E-state index in [-0.39, 0.29) is 5.91 Å². The molecule has 3 rings (SSSR count). The minimum Gasteiger partial charge on any atom is -0.349 e. The molecule has 0 radical (unpaired) electrons. The largest absolute Gasteiger partial charge is 0.349 e. The van der Waals surface area contributed by atoms with E-state index in [9.17, 15) is 4.79 Å². The maximum absolute atomic E-state index is 12.5. The van der Waals surface area contributed by atoms with Crippen LogP contribution in [0.2, 0.25) is 0 Å². The van der Waals surface area contributed by atoms with Crippen LogP contribution < -0.4 is 5.32 Å². The zero-order valence-corrected chi connectivity index (χ0v) is 16.5. The molecule has 0 atom stereocenters. The first-order valence-electron chi connectivity index (χ1n) is 10.2. The molecular formula is C25H31NO. The number of nitrogens with one attached hydrogen (secondary N) is 1. The summed E-state index contributed by atoms with van der Waals surface area (Å²) in [6.45, 7) is 4.32.